The number of fused-ring (bicyclic) bond motifs is 4. The molecule has 4 aromatic rings. The second kappa shape index (κ2) is 12.3. The third kappa shape index (κ3) is 6.37. The van der Waals surface area contributed by atoms with E-state index in [0.29, 0.717) is 23.1 Å². The zero-order valence-electron chi connectivity index (χ0n) is 26.4. The monoisotopic (exact) mass is 780 g/mol. The van der Waals surface area contributed by atoms with Crippen molar-refractivity contribution in [3.05, 3.63) is 106 Å². The van der Waals surface area contributed by atoms with Crippen molar-refractivity contribution in [3.63, 3.8) is 0 Å². The van der Waals surface area contributed by atoms with Crippen LogP contribution < -0.4 is 13.6 Å². The van der Waals surface area contributed by atoms with E-state index in [4.69, 9.17) is 17.0 Å². The van der Waals surface area contributed by atoms with Crippen LogP contribution >= 0.6 is 17.0 Å². The Balaban J connectivity index is 1.61. The van der Waals surface area contributed by atoms with E-state index in [0.717, 1.165) is 44.9 Å². The molecule has 1 heterocycles. The van der Waals surface area contributed by atoms with Crippen LogP contribution in [0.1, 0.15) is 78.4 Å². The molecule has 47 heavy (non-hydrogen) atoms. The summed E-state index contributed by atoms with van der Waals surface area (Å²) >= 11 is -4.44. The number of hydrogen-bond donors (Lipinski definition) is 0. The van der Waals surface area contributed by atoms with Crippen LogP contribution in [0.3, 0.4) is 0 Å². The van der Waals surface area contributed by atoms with Gasteiger partial charge >= 0.3 is 287 Å². The van der Waals surface area contributed by atoms with Gasteiger partial charge in [-0.3, -0.25) is 0 Å². The molecule has 0 nitrogen and oxygen atoms in total. The van der Waals surface area contributed by atoms with Crippen molar-refractivity contribution >= 4 is 46.3 Å². The number of halogens is 8. The average Bonchev–Trinajstić information content (AvgIpc) is 3.56. The zero-order chi connectivity index (χ0) is 34.1. The Kier molecular flexibility index (Phi) is 9.11. The Morgan fingerprint density at radius 2 is 1.43 bits per heavy atom. The molecular formula is C37H34Cl2F6SiZr. The average molecular weight is 783 g/mol. The van der Waals surface area contributed by atoms with E-state index in [-0.39, 0.29) is 15.3 Å². The molecule has 246 valence electrons. The Bertz CT molecular complexity index is 1870. The maximum absolute atomic E-state index is 14.1. The molecule has 0 fully saturated rings. The Morgan fingerprint density at radius 3 is 2.04 bits per heavy atom. The maximum atomic E-state index is 14.1. The van der Waals surface area contributed by atoms with E-state index in [9.17, 15) is 26.3 Å². The van der Waals surface area contributed by atoms with E-state index >= 15 is 0 Å². The van der Waals surface area contributed by atoms with Gasteiger partial charge in [-0.1, -0.05) is 0 Å². The van der Waals surface area contributed by atoms with Crippen molar-refractivity contribution in [2.45, 2.75) is 68.4 Å². The van der Waals surface area contributed by atoms with Crippen LogP contribution in [-0.2, 0) is 35.6 Å². The summed E-state index contributed by atoms with van der Waals surface area (Å²) < 4.78 is 85.1. The molecular weight excluding hydrogens is 749 g/mol. The molecule has 1 aliphatic heterocycles. The standard InChI is InChI=1S/C25H25F6.C12H9Si.2ClH.Zr/c1-5-6-7-15-10-16-8-9-21(23(2,3)4)22(20(16)11-15)17-12-18(24(26,27)28)14-19(13-17)25(29,30)31;1-3-7-11-9(5-1)10-6-2-4-8-12(10)13-11;;;/h8-14H,5-7H2,1-4H3;1-7H,13H2;2*1H;/q;;;;+2/p-2. The van der Waals surface area contributed by atoms with Crippen molar-refractivity contribution in [2.24, 2.45) is 0 Å². The van der Waals surface area contributed by atoms with Crippen molar-refractivity contribution in [2.75, 3.05) is 0 Å². The van der Waals surface area contributed by atoms with Crippen LogP contribution in [0.15, 0.2) is 78.4 Å². The van der Waals surface area contributed by atoms with Crippen LogP contribution in [-0.4, -0.2) is 9.52 Å². The second-order valence-corrected chi connectivity index (χ2v) is 29.4. The molecule has 1 atom stereocenters. The summed E-state index contributed by atoms with van der Waals surface area (Å²) in [6, 6.07) is 20.2. The molecule has 0 bridgehead atoms. The Hall–Kier alpha value is -2.12. The summed E-state index contributed by atoms with van der Waals surface area (Å²) in [6.45, 7) is 7.80. The topological polar surface area (TPSA) is 0 Å². The van der Waals surface area contributed by atoms with Gasteiger partial charge < -0.3 is 0 Å². The predicted molar refractivity (Wildman–Crippen MR) is 182 cm³/mol. The van der Waals surface area contributed by atoms with Crippen molar-refractivity contribution in [3.8, 4) is 22.3 Å². The van der Waals surface area contributed by atoms with Gasteiger partial charge in [-0.25, -0.2) is 0 Å². The Labute approximate surface area is 285 Å². The van der Waals surface area contributed by atoms with Crippen LogP contribution in [0.2, 0.25) is 0 Å². The third-order valence-electron chi connectivity index (χ3n) is 9.37. The van der Waals surface area contributed by atoms with Gasteiger partial charge in [-0.15, -0.1) is 0 Å². The molecule has 0 saturated carbocycles. The molecule has 0 spiro atoms. The summed E-state index contributed by atoms with van der Waals surface area (Å²) in [5, 5.41) is 2.58. The number of allylic oxidation sites excluding steroid dienone is 1. The van der Waals surface area contributed by atoms with Crippen LogP contribution in [0, 0.1) is 0 Å². The summed E-state index contributed by atoms with van der Waals surface area (Å²) in [7, 11) is 14.6. The number of hydrogen-bond acceptors (Lipinski definition) is 0. The first-order chi connectivity index (χ1) is 21.9. The SMILES string of the molecule is CCCCC1=Cc2c(ccc(C(C)(C)C)c2-c2cc(C(F)(F)F)cc(C(F)(F)F)c2)[CH]1[Zr]([Cl])([Cl])[c]1cccc2c1[SiH2]c1ccccc1-2. The molecule has 0 aromatic heterocycles. The first-order valence-corrected chi connectivity index (χ1v) is 26.1. The van der Waals surface area contributed by atoms with Gasteiger partial charge in [0.1, 0.15) is 0 Å². The fraction of sp³-hybridized carbons (Fsp3) is 0.297. The fourth-order valence-electron chi connectivity index (χ4n) is 7.20. The van der Waals surface area contributed by atoms with Crippen LogP contribution in [0.25, 0.3) is 28.3 Å². The third-order valence-corrected chi connectivity index (χ3v) is 23.7. The number of unbranched alkanes of at least 4 members (excludes halogenated alkanes) is 1. The summed E-state index contributed by atoms with van der Waals surface area (Å²) in [5.41, 5.74) is 2.45. The van der Waals surface area contributed by atoms with E-state index in [1.807, 2.05) is 57.2 Å². The summed E-state index contributed by atoms with van der Waals surface area (Å²) in [4.78, 5) is 0. The van der Waals surface area contributed by atoms with Crippen LogP contribution in [0.5, 0.6) is 0 Å². The van der Waals surface area contributed by atoms with E-state index < -0.39 is 56.3 Å². The van der Waals surface area contributed by atoms with Gasteiger partial charge in [0.05, 0.1) is 0 Å². The van der Waals surface area contributed by atoms with Gasteiger partial charge in [-0.2, -0.15) is 0 Å². The molecule has 1 unspecified atom stereocenters. The quantitative estimate of drug-likeness (QED) is 0.119. The Morgan fingerprint density at radius 1 is 0.787 bits per heavy atom. The first-order valence-electron chi connectivity index (χ1n) is 15.7. The molecule has 0 N–H and O–H groups in total. The van der Waals surface area contributed by atoms with Gasteiger partial charge in [0.2, 0.25) is 0 Å². The normalized spacial score (nSPS) is 16.7. The molecule has 4 aromatic carbocycles. The molecule has 0 saturated heterocycles. The van der Waals surface area contributed by atoms with Crippen molar-refractivity contribution in [1.82, 2.24) is 0 Å². The molecule has 6 rings (SSSR count). The van der Waals surface area contributed by atoms with Crippen molar-refractivity contribution < 1.29 is 44.2 Å². The van der Waals surface area contributed by atoms with E-state index in [2.05, 4.69) is 31.2 Å². The first kappa shape index (κ1) is 34.7. The molecule has 0 radical (unpaired) electrons. The summed E-state index contributed by atoms with van der Waals surface area (Å²) in [5.74, 6) is 0. The fourth-order valence-corrected chi connectivity index (χ4v) is 24.1. The molecule has 10 heteroatoms. The number of alkyl halides is 6. The van der Waals surface area contributed by atoms with E-state index in [1.165, 1.54) is 15.9 Å². The molecule has 1 aliphatic carbocycles. The minimum atomic E-state index is -4.96. The van der Waals surface area contributed by atoms with Gasteiger partial charge in [-0.05, 0) is 0 Å². The predicted octanol–water partition coefficient (Wildman–Crippen LogP) is 10.2. The van der Waals surface area contributed by atoms with Gasteiger partial charge in [0.25, 0.3) is 0 Å². The van der Waals surface area contributed by atoms with Gasteiger partial charge in [0.15, 0.2) is 0 Å². The number of rotatable bonds is 6. The zero-order valence-corrected chi connectivity index (χ0v) is 31.8. The number of benzene rings is 4. The van der Waals surface area contributed by atoms with Gasteiger partial charge in [0, 0.05) is 0 Å². The second-order valence-electron chi connectivity index (χ2n) is 13.6. The van der Waals surface area contributed by atoms with E-state index in [1.54, 1.807) is 0 Å². The summed E-state index contributed by atoms with van der Waals surface area (Å²) in [6.07, 6.45) is -5.52. The van der Waals surface area contributed by atoms with Crippen LogP contribution in [0.4, 0.5) is 26.3 Å². The van der Waals surface area contributed by atoms with Crippen molar-refractivity contribution in [1.29, 1.82) is 0 Å². The molecule has 2 aliphatic rings. The minimum absolute atomic E-state index is 0.117. The molecule has 0 amide bonds.